The number of hydrogen-bond donors (Lipinski definition) is 0. The third-order valence-corrected chi connectivity index (χ3v) is 4.27. The topological polar surface area (TPSA) is 4.93 Å². The van der Waals surface area contributed by atoms with E-state index in [-0.39, 0.29) is 0 Å². The molecule has 1 aromatic heterocycles. The van der Waals surface area contributed by atoms with Crippen LogP contribution in [0, 0.1) is 10.6 Å². The van der Waals surface area contributed by atoms with Crippen LogP contribution in [-0.2, 0) is 7.05 Å². The average Bonchev–Trinajstić information content (AvgIpc) is 1.98. The largest absolute Gasteiger partial charge is 0.345 e. The Bertz CT molecular complexity index is 207. The van der Waals surface area contributed by atoms with Crippen molar-refractivity contribution in [2.45, 2.75) is 6.92 Å². The number of aryl methyl sites for hydroxylation is 2. The normalized spacial score (nSPS) is 10.2. The van der Waals surface area contributed by atoms with Gasteiger partial charge in [-0.25, -0.2) is 0 Å². The van der Waals surface area contributed by atoms with E-state index in [1.807, 2.05) is 7.05 Å². The smallest absolute Gasteiger partial charge is 0.0942 e. The van der Waals surface area contributed by atoms with Crippen molar-refractivity contribution in [3.63, 3.8) is 0 Å². The Kier molecular flexibility index (Phi) is 2.21. The summed E-state index contributed by atoms with van der Waals surface area (Å²) in [4.78, 5) is 0. The van der Waals surface area contributed by atoms with Crippen LogP contribution in [0.1, 0.15) is 5.56 Å². The van der Waals surface area contributed by atoms with Crippen molar-refractivity contribution in [2.75, 3.05) is 0 Å². The van der Waals surface area contributed by atoms with Gasteiger partial charge in [0.05, 0.1) is 8.17 Å². The van der Waals surface area contributed by atoms with Gasteiger partial charge >= 0.3 is 0 Å². The van der Waals surface area contributed by atoms with Crippen LogP contribution in [0.2, 0.25) is 0 Å². The molecule has 0 aliphatic carbocycles. The standard InChI is InChI=1S/C6H7BrIN/c1-4-3-9(2)6(8)5(4)7/h3H,1-2H3. The number of nitrogens with zero attached hydrogens (tertiary/aromatic N) is 1. The summed E-state index contributed by atoms with van der Waals surface area (Å²) >= 11 is 5.78. The fourth-order valence-electron chi connectivity index (χ4n) is 0.721. The van der Waals surface area contributed by atoms with Crippen molar-refractivity contribution in [3.8, 4) is 0 Å². The lowest BCUT2D eigenvalue weighted by molar-refractivity contribution is 0.894. The van der Waals surface area contributed by atoms with Gasteiger partial charge in [0.2, 0.25) is 0 Å². The van der Waals surface area contributed by atoms with Crippen LogP contribution < -0.4 is 0 Å². The zero-order valence-electron chi connectivity index (χ0n) is 5.28. The first-order valence-corrected chi connectivity index (χ1v) is 4.47. The monoisotopic (exact) mass is 299 g/mol. The second kappa shape index (κ2) is 2.62. The van der Waals surface area contributed by atoms with Gasteiger partial charge in [-0.3, -0.25) is 0 Å². The summed E-state index contributed by atoms with van der Waals surface area (Å²) in [5.74, 6) is 0. The molecule has 0 atom stereocenters. The summed E-state index contributed by atoms with van der Waals surface area (Å²) in [6.07, 6.45) is 2.10. The molecule has 0 unspecified atom stereocenters. The molecule has 1 heterocycles. The van der Waals surface area contributed by atoms with Crippen molar-refractivity contribution in [1.29, 1.82) is 0 Å². The fraction of sp³-hybridized carbons (Fsp3) is 0.333. The first-order valence-electron chi connectivity index (χ1n) is 2.60. The van der Waals surface area contributed by atoms with E-state index >= 15 is 0 Å². The van der Waals surface area contributed by atoms with E-state index in [0.717, 1.165) is 0 Å². The Morgan fingerprint density at radius 2 is 2.22 bits per heavy atom. The van der Waals surface area contributed by atoms with Gasteiger partial charge in [-0.2, -0.15) is 0 Å². The lowest BCUT2D eigenvalue weighted by Gasteiger charge is -1.90. The van der Waals surface area contributed by atoms with E-state index in [1.54, 1.807) is 0 Å². The molecule has 0 aromatic carbocycles. The fourth-order valence-corrected chi connectivity index (χ4v) is 1.67. The molecule has 0 aliphatic rings. The lowest BCUT2D eigenvalue weighted by Crippen LogP contribution is -1.85. The molecular weight excluding hydrogens is 293 g/mol. The maximum absolute atomic E-state index is 3.47. The predicted octanol–water partition coefficient (Wildman–Crippen LogP) is 2.70. The summed E-state index contributed by atoms with van der Waals surface area (Å²) < 4.78 is 4.57. The van der Waals surface area contributed by atoms with E-state index in [4.69, 9.17) is 0 Å². The van der Waals surface area contributed by atoms with Crippen LogP contribution in [0.4, 0.5) is 0 Å². The zero-order valence-corrected chi connectivity index (χ0v) is 9.02. The highest BCUT2D eigenvalue weighted by Crippen LogP contribution is 2.23. The van der Waals surface area contributed by atoms with Gasteiger partial charge in [-0.1, -0.05) is 0 Å². The highest BCUT2D eigenvalue weighted by atomic mass is 127. The minimum atomic E-state index is 1.21. The Hall–Kier alpha value is 0.490. The molecule has 3 heteroatoms. The molecule has 0 N–H and O–H groups in total. The SMILES string of the molecule is Cc1cn(C)c(I)c1Br. The molecule has 50 valence electrons. The molecule has 0 saturated heterocycles. The first kappa shape index (κ1) is 7.60. The summed E-state index contributed by atoms with van der Waals surface area (Å²) in [6.45, 7) is 2.09. The maximum Gasteiger partial charge on any atom is 0.0942 e. The van der Waals surface area contributed by atoms with Crippen LogP contribution in [0.25, 0.3) is 0 Å². The maximum atomic E-state index is 3.47. The molecular formula is C6H7BrIN. The van der Waals surface area contributed by atoms with Crippen LogP contribution in [-0.4, -0.2) is 4.57 Å². The summed E-state index contributed by atoms with van der Waals surface area (Å²) in [7, 11) is 2.04. The summed E-state index contributed by atoms with van der Waals surface area (Å²) in [6, 6.07) is 0. The van der Waals surface area contributed by atoms with Crippen molar-refractivity contribution in [1.82, 2.24) is 4.57 Å². The van der Waals surface area contributed by atoms with E-state index in [9.17, 15) is 0 Å². The number of halogens is 2. The molecule has 0 saturated carbocycles. The number of aromatic nitrogens is 1. The molecule has 9 heavy (non-hydrogen) atoms. The Labute approximate surface area is 76.7 Å². The van der Waals surface area contributed by atoms with Gasteiger partial charge in [-0.05, 0) is 51.0 Å². The zero-order chi connectivity index (χ0) is 7.02. The highest BCUT2D eigenvalue weighted by Gasteiger charge is 2.03. The molecule has 0 bridgehead atoms. The van der Waals surface area contributed by atoms with Crippen LogP contribution in [0.5, 0.6) is 0 Å². The van der Waals surface area contributed by atoms with Gasteiger partial charge in [0.15, 0.2) is 0 Å². The first-order chi connectivity index (χ1) is 4.13. The highest BCUT2D eigenvalue weighted by molar-refractivity contribution is 14.1. The second-order valence-corrected chi connectivity index (χ2v) is 3.84. The number of rotatable bonds is 0. The lowest BCUT2D eigenvalue weighted by atomic mass is 10.4. The molecule has 0 fully saturated rings. The summed E-state index contributed by atoms with van der Waals surface area (Å²) in [5.41, 5.74) is 1.29. The van der Waals surface area contributed by atoms with Crippen LogP contribution in [0.3, 0.4) is 0 Å². The molecule has 1 aromatic rings. The number of hydrogen-bond acceptors (Lipinski definition) is 0. The minimum absolute atomic E-state index is 1.21. The van der Waals surface area contributed by atoms with Gasteiger partial charge < -0.3 is 4.57 Å². The van der Waals surface area contributed by atoms with Gasteiger partial charge in [-0.15, -0.1) is 0 Å². The third kappa shape index (κ3) is 1.32. The Balaban J connectivity index is 3.29. The molecule has 0 aliphatic heterocycles. The van der Waals surface area contributed by atoms with Crippen molar-refractivity contribution >= 4 is 38.5 Å². The quantitative estimate of drug-likeness (QED) is 0.649. The molecule has 1 rings (SSSR count). The third-order valence-electron chi connectivity index (χ3n) is 1.22. The molecule has 0 spiro atoms. The van der Waals surface area contributed by atoms with Crippen molar-refractivity contribution in [2.24, 2.45) is 7.05 Å². The van der Waals surface area contributed by atoms with Crippen LogP contribution in [0.15, 0.2) is 10.7 Å². The average molecular weight is 300 g/mol. The predicted molar refractivity (Wildman–Crippen MR) is 50.6 cm³/mol. The molecule has 0 radical (unpaired) electrons. The van der Waals surface area contributed by atoms with E-state index < -0.39 is 0 Å². The van der Waals surface area contributed by atoms with E-state index in [1.165, 1.54) is 13.7 Å². The second-order valence-electron chi connectivity index (χ2n) is 2.03. The van der Waals surface area contributed by atoms with Crippen molar-refractivity contribution in [3.05, 3.63) is 19.9 Å². The van der Waals surface area contributed by atoms with E-state index in [2.05, 4.69) is 56.2 Å². The Morgan fingerprint density at radius 1 is 1.67 bits per heavy atom. The summed E-state index contributed by atoms with van der Waals surface area (Å²) in [5, 5.41) is 0. The minimum Gasteiger partial charge on any atom is -0.345 e. The van der Waals surface area contributed by atoms with Gasteiger partial charge in [0.1, 0.15) is 0 Å². The Morgan fingerprint density at radius 3 is 2.33 bits per heavy atom. The van der Waals surface area contributed by atoms with Crippen LogP contribution >= 0.6 is 38.5 Å². The van der Waals surface area contributed by atoms with Gasteiger partial charge in [0.25, 0.3) is 0 Å². The van der Waals surface area contributed by atoms with E-state index in [0.29, 0.717) is 0 Å². The molecule has 0 amide bonds. The van der Waals surface area contributed by atoms with Gasteiger partial charge in [0, 0.05) is 13.2 Å². The van der Waals surface area contributed by atoms with Crippen molar-refractivity contribution < 1.29 is 0 Å². The molecule has 1 nitrogen and oxygen atoms in total.